The molecule has 3 aromatic rings. The number of nitrogens with zero attached hydrogens (tertiary/aromatic N) is 1. The smallest absolute Gasteiger partial charge is 0.237 e. The van der Waals surface area contributed by atoms with Crippen molar-refractivity contribution in [3.63, 3.8) is 0 Å². The van der Waals surface area contributed by atoms with E-state index in [1.165, 1.54) is 29.2 Å². The topological polar surface area (TPSA) is 60.5 Å². The monoisotopic (exact) mass is 450 g/mol. The number of thioether (sulfide) groups is 1. The van der Waals surface area contributed by atoms with Gasteiger partial charge < -0.3 is 14.8 Å². The minimum atomic E-state index is -0.806. The number of carbonyl (C=O) groups excluding carboxylic acids is 1. The second-order valence-corrected chi connectivity index (χ2v) is 8.47. The third-order valence-corrected chi connectivity index (χ3v) is 6.34. The van der Waals surface area contributed by atoms with Gasteiger partial charge in [-0.25, -0.2) is 13.8 Å². The molecule has 1 N–H and O–H groups in total. The summed E-state index contributed by atoms with van der Waals surface area (Å²) in [4.78, 5) is 16.9. The highest BCUT2D eigenvalue weighted by Crippen LogP contribution is 2.34. The lowest BCUT2D eigenvalue weighted by molar-refractivity contribution is -0.115. The number of amides is 1. The first-order chi connectivity index (χ1) is 14.4. The molecule has 0 fully saturated rings. The summed E-state index contributed by atoms with van der Waals surface area (Å²) in [5.74, 6) is -0.0720. The van der Waals surface area contributed by atoms with E-state index in [-0.39, 0.29) is 11.6 Å². The van der Waals surface area contributed by atoms with Crippen LogP contribution in [0, 0.1) is 11.6 Å². The fraction of sp³-hybridized carbons (Fsp3) is 0.238. The molecule has 1 heterocycles. The van der Waals surface area contributed by atoms with Crippen LogP contribution in [0.5, 0.6) is 11.5 Å². The lowest BCUT2D eigenvalue weighted by Crippen LogP contribution is -2.23. The molecule has 0 saturated carbocycles. The van der Waals surface area contributed by atoms with E-state index in [2.05, 4.69) is 10.3 Å². The average molecular weight is 451 g/mol. The van der Waals surface area contributed by atoms with E-state index in [1.807, 2.05) is 23.6 Å². The fourth-order valence-corrected chi connectivity index (χ4v) is 4.29. The Bertz CT molecular complexity index is 1040. The quantitative estimate of drug-likeness (QED) is 0.500. The largest absolute Gasteiger partial charge is 0.493 e. The molecule has 1 aromatic heterocycles. The van der Waals surface area contributed by atoms with Gasteiger partial charge in [-0.05, 0) is 37.3 Å². The van der Waals surface area contributed by atoms with Crippen LogP contribution >= 0.6 is 23.1 Å². The molecule has 0 aliphatic heterocycles. The van der Waals surface area contributed by atoms with Gasteiger partial charge in [-0.2, -0.15) is 0 Å². The number of aromatic nitrogens is 1. The first kappa shape index (κ1) is 22.0. The molecule has 0 radical (unpaired) electrons. The minimum absolute atomic E-state index is 0.0433. The Kier molecular flexibility index (Phi) is 7.28. The third-order valence-electron chi connectivity index (χ3n) is 4.22. The van der Waals surface area contributed by atoms with Gasteiger partial charge in [0.05, 0.1) is 30.9 Å². The Labute approximate surface area is 181 Å². The Hall–Kier alpha value is -2.65. The number of halogens is 2. The highest BCUT2D eigenvalue weighted by molar-refractivity contribution is 7.99. The zero-order valence-electron chi connectivity index (χ0n) is 16.6. The molecule has 3 rings (SSSR count). The molecular weight excluding hydrogens is 430 g/mol. The summed E-state index contributed by atoms with van der Waals surface area (Å²) in [5, 5.41) is 4.80. The summed E-state index contributed by atoms with van der Waals surface area (Å²) >= 11 is 2.87. The number of rotatable bonds is 8. The Morgan fingerprint density at radius 2 is 1.93 bits per heavy atom. The Balaban J connectivity index is 1.60. The van der Waals surface area contributed by atoms with Gasteiger partial charge in [0.2, 0.25) is 5.91 Å². The number of nitrogens with one attached hydrogen (secondary N) is 1. The molecule has 5 nitrogen and oxygen atoms in total. The van der Waals surface area contributed by atoms with Gasteiger partial charge in [-0.1, -0.05) is 0 Å². The van der Waals surface area contributed by atoms with Gasteiger partial charge >= 0.3 is 0 Å². The molecular formula is C21H20F2N2O3S2. The van der Waals surface area contributed by atoms with Crippen molar-refractivity contribution in [2.45, 2.75) is 17.9 Å². The maximum Gasteiger partial charge on any atom is 0.237 e. The van der Waals surface area contributed by atoms with E-state index in [0.29, 0.717) is 17.3 Å². The van der Waals surface area contributed by atoms with Gasteiger partial charge in [0.1, 0.15) is 16.6 Å². The van der Waals surface area contributed by atoms with Crippen LogP contribution in [-0.2, 0) is 10.5 Å². The van der Waals surface area contributed by atoms with Crippen LogP contribution in [0.1, 0.15) is 12.6 Å². The summed E-state index contributed by atoms with van der Waals surface area (Å²) in [7, 11) is 3.16. The van der Waals surface area contributed by atoms with Crippen molar-refractivity contribution in [2.24, 2.45) is 0 Å². The van der Waals surface area contributed by atoms with Gasteiger partial charge in [0.25, 0.3) is 0 Å². The van der Waals surface area contributed by atoms with Crippen LogP contribution in [0.15, 0.2) is 41.8 Å². The van der Waals surface area contributed by atoms with Crippen LogP contribution in [0.2, 0.25) is 0 Å². The van der Waals surface area contributed by atoms with Crippen molar-refractivity contribution in [1.29, 1.82) is 0 Å². The van der Waals surface area contributed by atoms with Gasteiger partial charge in [-0.3, -0.25) is 4.79 Å². The lowest BCUT2D eigenvalue weighted by atomic mass is 10.2. The molecule has 0 saturated heterocycles. The van der Waals surface area contributed by atoms with E-state index in [0.717, 1.165) is 28.4 Å². The molecule has 0 aliphatic carbocycles. The highest BCUT2D eigenvalue weighted by Gasteiger charge is 2.17. The zero-order valence-corrected chi connectivity index (χ0v) is 18.2. The maximum atomic E-state index is 13.7. The zero-order chi connectivity index (χ0) is 21.7. The van der Waals surface area contributed by atoms with Gasteiger partial charge in [-0.15, -0.1) is 23.1 Å². The summed E-state index contributed by atoms with van der Waals surface area (Å²) < 4.78 is 37.3. The molecule has 0 bridgehead atoms. The summed E-state index contributed by atoms with van der Waals surface area (Å²) in [6.45, 7) is 1.73. The maximum absolute atomic E-state index is 13.7. The van der Waals surface area contributed by atoms with Crippen LogP contribution < -0.4 is 14.8 Å². The molecule has 1 atom stereocenters. The first-order valence-corrected chi connectivity index (χ1v) is 10.9. The van der Waals surface area contributed by atoms with E-state index in [1.54, 1.807) is 21.1 Å². The van der Waals surface area contributed by atoms with Crippen molar-refractivity contribution in [3.8, 4) is 22.1 Å². The van der Waals surface area contributed by atoms with E-state index < -0.39 is 16.9 Å². The lowest BCUT2D eigenvalue weighted by Gasteiger charge is -2.12. The first-order valence-electron chi connectivity index (χ1n) is 8.95. The van der Waals surface area contributed by atoms with Gasteiger partial charge in [0.15, 0.2) is 11.5 Å². The average Bonchev–Trinajstić information content (AvgIpc) is 3.22. The van der Waals surface area contributed by atoms with Crippen molar-refractivity contribution >= 4 is 34.7 Å². The van der Waals surface area contributed by atoms with Crippen molar-refractivity contribution in [1.82, 2.24) is 4.98 Å². The van der Waals surface area contributed by atoms with Crippen LogP contribution in [-0.4, -0.2) is 30.4 Å². The number of carbonyl (C=O) groups is 1. The normalized spacial score (nSPS) is 11.8. The molecule has 158 valence electrons. The number of anilines is 1. The highest BCUT2D eigenvalue weighted by atomic mass is 32.2. The summed E-state index contributed by atoms with van der Waals surface area (Å²) in [6.07, 6.45) is 0. The SMILES string of the molecule is COc1ccc(-c2nc(CSC(C)C(=O)Nc3ccc(F)cc3F)cs2)cc1OC. The predicted molar refractivity (Wildman–Crippen MR) is 116 cm³/mol. The van der Waals surface area contributed by atoms with Crippen molar-refractivity contribution < 1.29 is 23.0 Å². The number of ether oxygens (including phenoxy) is 2. The van der Waals surface area contributed by atoms with Crippen molar-refractivity contribution in [2.75, 3.05) is 19.5 Å². The minimum Gasteiger partial charge on any atom is -0.493 e. The Morgan fingerprint density at radius 1 is 1.17 bits per heavy atom. The van der Waals surface area contributed by atoms with E-state index >= 15 is 0 Å². The number of hydrogen-bond donors (Lipinski definition) is 1. The molecule has 0 spiro atoms. The molecule has 2 aromatic carbocycles. The molecule has 9 heteroatoms. The van der Waals surface area contributed by atoms with Crippen LogP contribution in [0.4, 0.5) is 14.5 Å². The molecule has 0 aliphatic rings. The van der Waals surface area contributed by atoms with Crippen molar-refractivity contribution in [3.05, 3.63) is 59.1 Å². The molecule has 1 amide bonds. The summed E-state index contributed by atoms with van der Waals surface area (Å²) in [6, 6.07) is 8.63. The second kappa shape index (κ2) is 9.90. The summed E-state index contributed by atoms with van der Waals surface area (Å²) in [5.41, 5.74) is 1.70. The number of hydrogen-bond acceptors (Lipinski definition) is 6. The molecule has 1 unspecified atom stereocenters. The predicted octanol–water partition coefficient (Wildman–Crippen LogP) is 5.37. The van der Waals surface area contributed by atoms with Crippen LogP contribution in [0.3, 0.4) is 0 Å². The Morgan fingerprint density at radius 3 is 2.63 bits per heavy atom. The number of thiazole rings is 1. The van der Waals surface area contributed by atoms with E-state index in [9.17, 15) is 13.6 Å². The standard InChI is InChI=1S/C21H20F2N2O3S2/c1-12(20(26)25-17-6-5-14(22)9-16(17)23)29-10-15-11-30-21(24-15)13-4-7-18(27-2)19(8-13)28-3/h4-9,11-12H,10H2,1-3H3,(H,25,26). The number of benzene rings is 2. The van der Waals surface area contributed by atoms with E-state index in [4.69, 9.17) is 9.47 Å². The molecule has 30 heavy (non-hydrogen) atoms. The van der Waals surface area contributed by atoms with Crippen LogP contribution in [0.25, 0.3) is 10.6 Å². The number of methoxy groups -OCH3 is 2. The third kappa shape index (κ3) is 5.28. The van der Waals surface area contributed by atoms with Gasteiger partial charge in [0, 0.05) is 22.8 Å². The second-order valence-electron chi connectivity index (χ2n) is 6.28. The fourth-order valence-electron chi connectivity index (χ4n) is 2.59.